The van der Waals surface area contributed by atoms with Crippen LogP contribution in [0.1, 0.15) is 51.7 Å². The molecule has 0 aliphatic heterocycles. The van der Waals surface area contributed by atoms with E-state index in [0.717, 1.165) is 21.9 Å². The molecule has 3 aromatic carbocycles. The van der Waals surface area contributed by atoms with Gasteiger partial charge in [-0.05, 0) is 81.1 Å². The number of para-hydroxylation sites is 2. The van der Waals surface area contributed by atoms with Crippen molar-refractivity contribution in [2.45, 2.75) is 71.0 Å². The molecule has 0 saturated carbocycles. The first-order valence-corrected chi connectivity index (χ1v) is 16.0. The lowest BCUT2D eigenvalue weighted by Gasteiger charge is -2.34. The SMILES string of the molecule is CCOc1ccccc1N(CC(=O)N(Cc1ccccc1C)[C@H](CC)C(=O)N[C@H](C)CC)S(=O)(=O)c1ccc(Cl)cc1. The lowest BCUT2D eigenvalue weighted by Crippen LogP contribution is -2.53. The Morgan fingerprint density at radius 2 is 1.57 bits per heavy atom. The molecule has 0 heterocycles. The zero-order chi connectivity index (χ0) is 30.9. The van der Waals surface area contributed by atoms with Gasteiger partial charge in [-0.1, -0.05) is 61.8 Å². The molecule has 1 N–H and O–H groups in total. The second-order valence-corrected chi connectivity index (χ2v) is 12.4. The van der Waals surface area contributed by atoms with Crippen LogP contribution in [0.5, 0.6) is 5.75 Å². The summed E-state index contributed by atoms with van der Waals surface area (Å²) in [5.74, 6) is -0.485. The van der Waals surface area contributed by atoms with E-state index in [4.69, 9.17) is 16.3 Å². The van der Waals surface area contributed by atoms with Crippen molar-refractivity contribution < 1.29 is 22.7 Å². The van der Waals surface area contributed by atoms with Crippen LogP contribution in [0.2, 0.25) is 5.02 Å². The molecule has 226 valence electrons. The average Bonchev–Trinajstić information content (AvgIpc) is 2.97. The molecule has 8 nitrogen and oxygen atoms in total. The zero-order valence-corrected chi connectivity index (χ0v) is 26.4. The fourth-order valence-electron chi connectivity index (χ4n) is 4.52. The Morgan fingerprint density at radius 3 is 2.19 bits per heavy atom. The van der Waals surface area contributed by atoms with Crippen molar-refractivity contribution in [3.05, 3.63) is 88.9 Å². The minimum Gasteiger partial charge on any atom is -0.492 e. The number of carbonyl (C=O) groups excluding carboxylic acids is 2. The summed E-state index contributed by atoms with van der Waals surface area (Å²) < 4.78 is 35.0. The second kappa shape index (κ2) is 15.1. The first kappa shape index (κ1) is 32.9. The van der Waals surface area contributed by atoms with Gasteiger partial charge in [0.25, 0.3) is 10.0 Å². The van der Waals surface area contributed by atoms with Gasteiger partial charge in [-0.2, -0.15) is 0 Å². The Labute approximate surface area is 254 Å². The molecule has 0 bridgehead atoms. The van der Waals surface area contributed by atoms with Crippen LogP contribution in [0.4, 0.5) is 5.69 Å². The molecule has 42 heavy (non-hydrogen) atoms. The van der Waals surface area contributed by atoms with Gasteiger partial charge in [0.05, 0.1) is 17.2 Å². The van der Waals surface area contributed by atoms with Gasteiger partial charge in [-0.15, -0.1) is 0 Å². The van der Waals surface area contributed by atoms with Gasteiger partial charge in [-0.3, -0.25) is 13.9 Å². The highest BCUT2D eigenvalue weighted by atomic mass is 35.5. The third-order valence-electron chi connectivity index (χ3n) is 7.10. The summed E-state index contributed by atoms with van der Waals surface area (Å²) in [5, 5.41) is 3.37. The summed E-state index contributed by atoms with van der Waals surface area (Å²) in [6, 6.07) is 19.2. The number of anilines is 1. The maximum Gasteiger partial charge on any atom is 0.264 e. The number of ether oxygens (including phenoxy) is 1. The number of nitrogens with one attached hydrogen (secondary N) is 1. The lowest BCUT2D eigenvalue weighted by molar-refractivity contribution is -0.140. The van der Waals surface area contributed by atoms with E-state index in [1.54, 1.807) is 31.2 Å². The Kier molecular flexibility index (Phi) is 11.8. The van der Waals surface area contributed by atoms with Gasteiger partial charge >= 0.3 is 0 Å². The van der Waals surface area contributed by atoms with Crippen LogP contribution in [0.3, 0.4) is 0 Å². The molecule has 0 aliphatic carbocycles. The predicted molar refractivity (Wildman–Crippen MR) is 167 cm³/mol. The summed E-state index contributed by atoms with van der Waals surface area (Å²) in [5.41, 5.74) is 2.04. The summed E-state index contributed by atoms with van der Waals surface area (Å²) in [4.78, 5) is 29.2. The number of aryl methyl sites for hydroxylation is 1. The molecule has 0 spiro atoms. The largest absolute Gasteiger partial charge is 0.492 e. The van der Waals surface area contributed by atoms with Gasteiger partial charge in [0, 0.05) is 17.6 Å². The molecular weight excluding hydrogens is 574 g/mol. The Morgan fingerprint density at radius 1 is 0.929 bits per heavy atom. The molecule has 3 rings (SSSR count). The monoisotopic (exact) mass is 613 g/mol. The van der Waals surface area contributed by atoms with Crippen LogP contribution in [0.15, 0.2) is 77.7 Å². The summed E-state index contributed by atoms with van der Waals surface area (Å²) >= 11 is 6.04. The number of hydrogen-bond acceptors (Lipinski definition) is 5. The fraction of sp³-hybridized carbons (Fsp3) is 0.375. The maximum absolute atomic E-state index is 14.3. The van der Waals surface area contributed by atoms with Gasteiger partial charge in [0.15, 0.2) is 0 Å². The van der Waals surface area contributed by atoms with Gasteiger partial charge < -0.3 is 15.0 Å². The highest BCUT2D eigenvalue weighted by Gasteiger charge is 2.35. The van der Waals surface area contributed by atoms with Gasteiger partial charge in [0.1, 0.15) is 18.3 Å². The molecule has 0 saturated heterocycles. The van der Waals surface area contributed by atoms with E-state index in [9.17, 15) is 18.0 Å². The van der Waals surface area contributed by atoms with Crippen molar-refractivity contribution >= 4 is 39.1 Å². The molecule has 2 amide bonds. The molecule has 0 radical (unpaired) electrons. The molecule has 0 aliphatic rings. The van der Waals surface area contributed by atoms with Crippen LogP contribution in [-0.2, 0) is 26.2 Å². The minimum atomic E-state index is -4.25. The summed E-state index contributed by atoms with van der Waals surface area (Å²) in [6.07, 6.45) is 1.08. The average molecular weight is 614 g/mol. The van der Waals surface area contributed by atoms with E-state index >= 15 is 0 Å². The number of sulfonamides is 1. The Hall–Kier alpha value is -3.56. The van der Waals surface area contributed by atoms with Crippen molar-refractivity contribution in [3.63, 3.8) is 0 Å². The number of amides is 2. The van der Waals surface area contributed by atoms with Crippen molar-refractivity contribution in [1.29, 1.82) is 0 Å². The van der Waals surface area contributed by atoms with Crippen molar-refractivity contribution in [1.82, 2.24) is 10.2 Å². The number of rotatable bonds is 14. The fourth-order valence-corrected chi connectivity index (χ4v) is 6.07. The number of benzene rings is 3. The normalized spacial score (nSPS) is 12.7. The molecule has 0 aromatic heterocycles. The Balaban J connectivity index is 2.12. The predicted octanol–water partition coefficient (Wildman–Crippen LogP) is 5.96. The van der Waals surface area contributed by atoms with E-state index in [0.29, 0.717) is 23.8 Å². The molecule has 3 aromatic rings. The van der Waals surface area contributed by atoms with E-state index in [2.05, 4.69) is 5.32 Å². The zero-order valence-electron chi connectivity index (χ0n) is 24.8. The molecule has 0 unspecified atom stereocenters. The number of halogens is 1. The number of carbonyl (C=O) groups is 2. The van der Waals surface area contributed by atoms with Crippen LogP contribution < -0.4 is 14.4 Å². The van der Waals surface area contributed by atoms with Crippen molar-refractivity contribution in [2.24, 2.45) is 0 Å². The first-order chi connectivity index (χ1) is 20.0. The summed E-state index contributed by atoms with van der Waals surface area (Å²) in [7, 11) is -4.25. The standard InChI is InChI=1S/C32H40ClN3O5S/c1-6-24(5)34-32(38)28(7-2)35(21-25-14-10-9-13-23(25)4)31(37)22-36(29-15-11-12-16-30(29)41-8-3)42(39,40)27-19-17-26(33)18-20-27/h9-20,24,28H,6-8,21-22H2,1-5H3,(H,34,38)/t24-,28-/m1/s1. The van der Waals surface area contributed by atoms with Crippen LogP contribution >= 0.6 is 11.6 Å². The van der Waals surface area contributed by atoms with Crippen molar-refractivity contribution in [3.8, 4) is 5.75 Å². The molecular formula is C32H40ClN3O5S. The third-order valence-corrected chi connectivity index (χ3v) is 9.13. The summed E-state index contributed by atoms with van der Waals surface area (Å²) in [6.45, 7) is 9.34. The van der Waals surface area contributed by atoms with Crippen LogP contribution in [-0.4, -0.2) is 50.4 Å². The van der Waals surface area contributed by atoms with Crippen LogP contribution in [0.25, 0.3) is 0 Å². The molecule has 10 heteroatoms. The number of hydrogen-bond donors (Lipinski definition) is 1. The molecule has 0 fully saturated rings. The van der Waals surface area contributed by atoms with Gasteiger partial charge in [0.2, 0.25) is 11.8 Å². The Bertz CT molecular complexity index is 1460. The van der Waals surface area contributed by atoms with Gasteiger partial charge in [-0.25, -0.2) is 8.42 Å². The van der Waals surface area contributed by atoms with E-state index < -0.39 is 28.5 Å². The van der Waals surface area contributed by atoms with E-state index in [-0.39, 0.29) is 29.1 Å². The quantitative estimate of drug-likeness (QED) is 0.242. The van der Waals surface area contributed by atoms with Crippen molar-refractivity contribution in [2.75, 3.05) is 17.5 Å². The minimum absolute atomic E-state index is 0.0296. The smallest absolute Gasteiger partial charge is 0.264 e. The second-order valence-electron chi connectivity index (χ2n) is 10.1. The van der Waals surface area contributed by atoms with E-state index in [1.807, 2.05) is 52.0 Å². The maximum atomic E-state index is 14.3. The number of nitrogens with zero attached hydrogens (tertiary/aromatic N) is 2. The molecule has 2 atom stereocenters. The lowest BCUT2D eigenvalue weighted by atomic mass is 10.1. The topological polar surface area (TPSA) is 96.0 Å². The van der Waals surface area contributed by atoms with E-state index in [1.165, 1.54) is 29.2 Å². The van der Waals surface area contributed by atoms with Crippen LogP contribution in [0, 0.1) is 6.92 Å². The third kappa shape index (κ3) is 8.04. The highest BCUT2D eigenvalue weighted by Crippen LogP contribution is 2.33. The highest BCUT2D eigenvalue weighted by molar-refractivity contribution is 7.92. The first-order valence-electron chi connectivity index (χ1n) is 14.2.